The molecule has 0 aliphatic carbocycles. The fraction of sp³-hybridized carbons (Fsp3) is 1.00. The van der Waals surface area contributed by atoms with Crippen molar-refractivity contribution in [3.05, 3.63) is 0 Å². The highest BCUT2D eigenvalue weighted by atomic mass is 16.5. The van der Waals surface area contributed by atoms with Crippen molar-refractivity contribution < 1.29 is 9.47 Å². The molecule has 0 aromatic carbocycles. The molecule has 2 saturated heterocycles. The Balaban J connectivity index is 1.46. The van der Waals surface area contributed by atoms with Gasteiger partial charge in [0.25, 0.3) is 0 Å². The zero-order valence-electron chi connectivity index (χ0n) is 8.84. The van der Waals surface area contributed by atoms with Gasteiger partial charge in [0.15, 0.2) is 0 Å². The lowest BCUT2D eigenvalue weighted by Crippen LogP contribution is -2.25. The van der Waals surface area contributed by atoms with E-state index in [4.69, 9.17) is 9.47 Å². The number of hydrogen-bond donors (Lipinski definition) is 1. The molecule has 0 aromatic rings. The van der Waals surface area contributed by atoms with Crippen molar-refractivity contribution in [1.82, 2.24) is 5.32 Å². The van der Waals surface area contributed by atoms with Crippen LogP contribution in [0, 0.1) is 11.8 Å². The summed E-state index contributed by atoms with van der Waals surface area (Å²) < 4.78 is 10.7. The van der Waals surface area contributed by atoms with E-state index in [1.807, 2.05) is 0 Å². The Bertz CT molecular complexity index is 133. The van der Waals surface area contributed by atoms with E-state index in [9.17, 15) is 0 Å². The zero-order valence-corrected chi connectivity index (χ0v) is 8.84. The van der Waals surface area contributed by atoms with E-state index >= 15 is 0 Å². The predicted molar refractivity (Wildman–Crippen MR) is 55.3 cm³/mol. The van der Waals surface area contributed by atoms with E-state index in [0.29, 0.717) is 0 Å². The molecule has 2 aliphatic heterocycles. The van der Waals surface area contributed by atoms with Crippen LogP contribution in [-0.4, -0.2) is 39.5 Å². The van der Waals surface area contributed by atoms with E-state index in [1.165, 1.54) is 19.3 Å². The first-order chi connectivity index (χ1) is 6.95. The molecule has 3 nitrogen and oxygen atoms in total. The number of nitrogens with one attached hydrogen (secondary N) is 1. The van der Waals surface area contributed by atoms with Crippen molar-refractivity contribution in [2.45, 2.75) is 19.3 Å². The first-order valence-corrected chi connectivity index (χ1v) is 5.81. The molecule has 0 spiro atoms. The maximum Gasteiger partial charge on any atom is 0.0507 e. The average molecular weight is 199 g/mol. The molecule has 0 amide bonds. The van der Waals surface area contributed by atoms with Gasteiger partial charge in [-0.15, -0.1) is 0 Å². The molecule has 2 aliphatic rings. The van der Waals surface area contributed by atoms with Gasteiger partial charge in [0.1, 0.15) is 0 Å². The second-order valence-corrected chi connectivity index (χ2v) is 4.45. The molecule has 2 atom stereocenters. The summed E-state index contributed by atoms with van der Waals surface area (Å²) in [4.78, 5) is 0. The summed E-state index contributed by atoms with van der Waals surface area (Å²) in [5.74, 6) is 1.57. The van der Waals surface area contributed by atoms with Crippen LogP contribution >= 0.6 is 0 Å². The summed E-state index contributed by atoms with van der Waals surface area (Å²) in [6, 6.07) is 0. The minimum atomic E-state index is 0.759. The van der Waals surface area contributed by atoms with Crippen LogP contribution in [0.2, 0.25) is 0 Å². The quantitative estimate of drug-likeness (QED) is 0.671. The van der Waals surface area contributed by atoms with Crippen LogP contribution in [0.5, 0.6) is 0 Å². The largest absolute Gasteiger partial charge is 0.381 e. The van der Waals surface area contributed by atoms with Crippen molar-refractivity contribution in [3.63, 3.8) is 0 Å². The van der Waals surface area contributed by atoms with E-state index in [-0.39, 0.29) is 0 Å². The lowest BCUT2D eigenvalue weighted by Gasteiger charge is -2.11. The Labute approximate surface area is 86.2 Å². The lowest BCUT2D eigenvalue weighted by molar-refractivity contribution is 0.182. The van der Waals surface area contributed by atoms with Gasteiger partial charge in [-0.25, -0.2) is 0 Å². The first-order valence-electron chi connectivity index (χ1n) is 5.81. The summed E-state index contributed by atoms with van der Waals surface area (Å²) in [7, 11) is 0. The molecule has 2 fully saturated rings. The van der Waals surface area contributed by atoms with E-state index in [2.05, 4.69) is 5.32 Å². The van der Waals surface area contributed by atoms with Crippen LogP contribution in [0.15, 0.2) is 0 Å². The molecule has 0 aromatic heterocycles. The second-order valence-electron chi connectivity index (χ2n) is 4.45. The van der Waals surface area contributed by atoms with Crippen LogP contribution in [0.25, 0.3) is 0 Å². The van der Waals surface area contributed by atoms with Gasteiger partial charge in [-0.1, -0.05) is 0 Å². The van der Waals surface area contributed by atoms with Gasteiger partial charge in [-0.3, -0.25) is 0 Å². The predicted octanol–water partition coefficient (Wildman–Crippen LogP) is 1.04. The monoisotopic (exact) mass is 199 g/mol. The molecule has 2 unspecified atom stereocenters. The molecule has 2 heterocycles. The third-order valence-corrected chi connectivity index (χ3v) is 3.21. The van der Waals surface area contributed by atoms with Crippen LogP contribution in [0.4, 0.5) is 0 Å². The summed E-state index contributed by atoms with van der Waals surface area (Å²) in [6.45, 7) is 6.15. The highest BCUT2D eigenvalue weighted by Gasteiger charge is 2.16. The zero-order chi connectivity index (χ0) is 9.64. The molecular formula is C11H21NO2. The highest BCUT2D eigenvalue weighted by Crippen LogP contribution is 2.15. The van der Waals surface area contributed by atoms with Crippen molar-refractivity contribution in [1.29, 1.82) is 0 Å². The minimum absolute atomic E-state index is 0.759. The summed E-state index contributed by atoms with van der Waals surface area (Å²) in [5.41, 5.74) is 0. The van der Waals surface area contributed by atoms with Crippen molar-refractivity contribution in [2.24, 2.45) is 11.8 Å². The fourth-order valence-electron chi connectivity index (χ4n) is 2.17. The standard InChI is InChI=1S/C11H21NO2/c1(10-2-5-13-8-10)4-12-7-11-3-6-14-9-11/h10-12H,1-9H2. The summed E-state index contributed by atoms with van der Waals surface area (Å²) in [6.07, 6.45) is 3.77. The van der Waals surface area contributed by atoms with Gasteiger partial charge in [0.2, 0.25) is 0 Å². The average Bonchev–Trinajstić information content (AvgIpc) is 2.86. The third kappa shape index (κ3) is 3.23. The Morgan fingerprint density at radius 3 is 2.36 bits per heavy atom. The van der Waals surface area contributed by atoms with Gasteiger partial charge >= 0.3 is 0 Å². The Morgan fingerprint density at radius 1 is 1.00 bits per heavy atom. The molecule has 0 saturated carbocycles. The second kappa shape index (κ2) is 5.69. The van der Waals surface area contributed by atoms with Gasteiger partial charge < -0.3 is 14.8 Å². The number of ether oxygens (including phenoxy) is 2. The summed E-state index contributed by atoms with van der Waals surface area (Å²) in [5, 5.41) is 3.52. The van der Waals surface area contributed by atoms with Crippen LogP contribution in [-0.2, 0) is 9.47 Å². The fourth-order valence-corrected chi connectivity index (χ4v) is 2.17. The van der Waals surface area contributed by atoms with Gasteiger partial charge in [0, 0.05) is 26.4 Å². The lowest BCUT2D eigenvalue weighted by atomic mass is 10.0. The Hall–Kier alpha value is -0.120. The Morgan fingerprint density at radius 2 is 1.71 bits per heavy atom. The maximum absolute atomic E-state index is 5.34. The number of hydrogen-bond acceptors (Lipinski definition) is 3. The molecule has 3 heteroatoms. The topological polar surface area (TPSA) is 30.5 Å². The smallest absolute Gasteiger partial charge is 0.0507 e. The highest BCUT2D eigenvalue weighted by molar-refractivity contribution is 4.69. The minimum Gasteiger partial charge on any atom is -0.381 e. The van der Waals surface area contributed by atoms with Crippen molar-refractivity contribution in [2.75, 3.05) is 39.5 Å². The van der Waals surface area contributed by atoms with E-state index < -0.39 is 0 Å². The first kappa shape index (κ1) is 10.4. The van der Waals surface area contributed by atoms with Crippen molar-refractivity contribution >= 4 is 0 Å². The van der Waals surface area contributed by atoms with Crippen LogP contribution < -0.4 is 5.32 Å². The molecular weight excluding hydrogens is 178 g/mol. The van der Waals surface area contributed by atoms with Gasteiger partial charge in [-0.05, 0) is 37.6 Å². The molecule has 82 valence electrons. The molecule has 0 bridgehead atoms. The molecule has 0 radical (unpaired) electrons. The maximum atomic E-state index is 5.34. The third-order valence-electron chi connectivity index (χ3n) is 3.21. The van der Waals surface area contributed by atoms with E-state index in [1.54, 1.807) is 0 Å². The van der Waals surface area contributed by atoms with Gasteiger partial charge in [-0.2, -0.15) is 0 Å². The summed E-state index contributed by atoms with van der Waals surface area (Å²) >= 11 is 0. The molecule has 14 heavy (non-hydrogen) atoms. The molecule has 1 N–H and O–H groups in total. The Kier molecular flexibility index (Phi) is 4.22. The van der Waals surface area contributed by atoms with E-state index in [0.717, 1.165) is 51.4 Å². The van der Waals surface area contributed by atoms with Crippen LogP contribution in [0.3, 0.4) is 0 Å². The number of rotatable bonds is 5. The SMILES string of the molecule is C(CC1CCOC1)NCC1CCOC1. The van der Waals surface area contributed by atoms with Crippen LogP contribution in [0.1, 0.15) is 19.3 Å². The van der Waals surface area contributed by atoms with Crippen molar-refractivity contribution in [3.8, 4) is 0 Å². The normalized spacial score (nSPS) is 32.6. The van der Waals surface area contributed by atoms with Gasteiger partial charge in [0.05, 0.1) is 6.61 Å². The molecule has 2 rings (SSSR count).